The Morgan fingerprint density at radius 2 is 1.84 bits per heavy atom. The number of carbonyl (C=O) groups excluding carboxylic acids is 3. The smallest absolute Gasteiger partial charge is 0.326 e. The fourth-order valence-corrected chi connectivity index (χ4v) is 4.46. The van der Waals surface area contributed by atoms with Crippen molar-refractivity contribution in [3.63, 3.8) is 0 Å². The number of carbonyl (C=O) groups is 4. The lowest BCUT2D eigenvalue weighted by Gasteiger charge is -2.34. The van der Waals surface area contributed by atoms with E-state index in [0.29, 0.717) is 12.0 Å². The molecule has 3 amide bonds. The number of carboxylic acid groups (broad SMARTS) is 1. The van der Waals surface area contributed by atoms with Gasteiger partial charge in [-0.2, -0.15) is 0 Å². The summed E-state index contributed by atoms with van der Waals surface area (Å²) in [6, 6.07) is 8.18. The largest absolute Gasteiger partial charge is 0.480 e. The topological polar surface area (TPSA) is 186 Å². The molecular formula is C25H26FN5O7. The lowest BCUT2D eigenvalue weighted by molar-refractivity contribution is -0.150. The van der Waals surface area contributed by atoms with Crippen molar-refractivity contribution in [3.05, 3.63) is 59.4 Å². The van der Waals surface area contributed by atoms with Crippen molar-refractivity contribution in [1.82, 2.24) is 4.90 Å². The number of nitrogens with zero attached hydrogens (tertiary/aromatic N) is 2. The molecule has 3 unspecified atom stereocenters. The van der Waals surface area contributed by atoms with Crippen molar-refractivity contribution in [2.24, 2.45) is 5.73 Å². The second kappa shape index (κ2) is 10.9. The second-order valence-electron chi connectivity index (χ2n) is 8.90. The van der Waals surface area contributed by atoms with E-state index in [1.807, 2.05) is 0 Å². The Hall–Kier alpha value is -4.36. The Bertz CT molecular complexity index is 1290. The van der Waals surface area contributed by atoms with Crippen molar-refractivity contribution < 1.29 is 38.5 Å². The number of aliphatic carboxylic acids is 1. The van der Waals surface area contributed by atoms with Crippen molar-refractivity contribution >= 4 is 40.9 Å². The van der Waals surface area contributed by atoms with E-state index in [1.54, 1.807) is 0 Å². The molecule has 2 aromatic carbocycles. The van der Waals surface area contributed by atoms with Crippen molar-refractivity contribution in [3.8, 4) is 0 Å². The molecule has 2 fully saturated rings. The normalized spacial score (nSPS) is 20.2. The number of benzene rings is 2. The average molecular weight is 528 g/mol. The minimum Gasteiger partial charge on any atom is -0.480 e. The molecule has 0 aromatic heterocycles. The molecule has 0 saturated carbocycles. The summed E-state index contributed by atoms with van der Waals surface area (Å²) < 4.78 is 19.9. The average Bonchev–Trinajstić information content (AvgIpc) is 3.38. The molecule has 0 aliphatic carbocycles. The van der Waals surface area contributed by atoms with Gasteiger partial charge in [0.05, 0.1) is 6.61 Å². The molecule has 2 aliphatic rings. The number of hydrogen-bond donors (Lipinski definition) is 5. The number of halogens is 1. The molecule has 2 saturated heterocycles. The number of nitrogens with two attached hydrogens (primary N) is 1. The Kier molecular flexibility index (Phi) is 7.69. The number of amides is 3. The SMILES string of the molecule is N=C(N)c1ccc(NC(=O)C(O)C2OCCN(c3cc(F)cc(C(=O)N4CCCC4C(=O)O)c3)C2=O)cc1. The van der Waals surface area contributed by atoms with Gasteiger partial charge >= 0.3 is 5.97 Å². The van der Waals surface area contributed by atoms with Crippen LogP contribution in [0.5, 0.6) is 0 Å². The Balaban J connectivity index is 1.50. The highest BCUT2D eigenvalue weighted by molar-refractivity contribution is 6.05. The summed E-state index contributed by atoms with van der Waals surface area (Å²) in [5.41, 5.74) is 6.00. The summed E-state index contributed by atoms with van der Waals surface area (Å²) >= 11 is 0. The first-order valence-electron chi connectivity index (χ1n) is 11.8. The zero-order chi connectivity index (χ0) is 27.6. The Morgan fingerprint density at radius 3 is 2.50 bits per heavy atom. The highest BCUT2D eigenvalue weighted by atomic mass is 19.1. The van der Waals surface area contributed by atoms with Gasteiger partial charge in [0.25, 0.3) is 17.7 Å². The molecule has 3 atom stereocenters. The van der Waals surface area contributed by atoms with Gasteiger partial charge in [0, 0.05) is 35.6 Å². The van der Waals surface area contributed by atoms with Crippen LogP contribution in [0.1, 0.15) is 28.8 Å². The molecule has 38 heavy (non-hydrogen) atoms. The van der Waals surface area contributed by atoms with Crippen LogP contribution in [0.15, 0.2) is 42.5 Å². The molecule has 2 aromatic rings. The third-order valence-electron chi connectivity index (χ3n) is 6.38. The van der Waals surface area contributed by atoms with Crippen LogP contribution in [0, 0.1) is 11.2 Å². The van der Waals surface area contributed by atoms with Crippen LogP contribution >= 0.6 is 0 Å². The summed E-state index contributed by atoms with van der Waals surface area (Å²) in [4.78, 5) is 52.5. The number of likely N-dealkylation sites (tertiary alicyclic amines) is 1. The maximum Gasteiger partial charge on any atom is 0.326 e. The van der Waals surface area contributed by atoms with Gasteiger partial charge in [0.1, 0.15) is 17.7 Å². The monoisotopic (exact) mass is 527 g/mol. The molecule has 13 heteroatoms. The lowest BCUT2D eigenvalue weighted by Crippen LogP contribution is -2.55. The molecule has 0 radical (unpaired) electrons. The standard InChI is InChI=1S/C25H26FN5O7/c26-15-10-14(23(34)31-7-1-2-18(31)25(36)37)11-17(12-15)30-8-9-38-20(24(30)35)19(32)22(33)29-16-5-3-13(4-6-16)21(27)28/h3-6,10-12,18-20,32H,1-2,7-9H2,(H3,27,28)(H,29,33)(H,36,37). The molecule has 6 N–H and O–H groups in total. The number of anilines is 2. The third kappa shape index (κ3) is 5.48. The van der Waals surface area contributed by atoms with Crippen molar-refractivity contribution in [1.29, 1.82) is 5.41 Å². The van der Waals surface area contributed by atoms with Crippen LogP contribution in [0.3, 0.4) is 0 Å². The van der Waals surface area contributed by atoms with Crippen LogP contribution < -0.4 is 16.0 Å². The van der Waals surface area contributed by atoms with E-state index in [0.717, 1.165) is 21.9 Å². The second-order valence-corrected chi connectivity index (χ2v) is 8.90. The number of amidine groups is 1. The number of morpholine rings is 1. The van der Waals surface area contributed by atoms with Crippen LogP contribution in [0.2, 0.25) is 0 Å². The molecule has 2 heterocycles. The van der Waals surface area contributed by atoms with Gasteiger partial charge in [-0.25, -0.2) is 9.18 Å². The van der Waals surface area contributed by atoms with Crippen LogP contribution in [0.25, 0.3) is 0 Å². The van der Waals surface area contributed by atoms with E-state index in [1.165, 1.54) is 30.3 Å². The van der Waals surface area contributed by atoms with Crippen molar-refractivity contribution in [2.45, 2.75) is 31.1 Å². The van der Waals surface area contributed by atoms with Crippen LogP contribution in [-0.2, 0) is 19.1 Å². The summed E-state index contributed by atoms with van der Waals surface area (Å²) in [5.74, 6) is -4.55. The molecule has 2 aliphatic heterocycles. The first-order chi connectivity index (χ1) is 18.1. The van der Waals surface area contributed by atoms with E-state index in [9.17, 15) is 33.8 Å². The van der Waals surface area contributed by atoms with Gasteiger partial charge in [-0.3, -0.25) is 19.8 Å². The van der Waals surface area contributed by atoms with E-state index < -0.39 is 47.8 Å². The number of aliphatic hydroxyl groups excluding tert-OH is 1. The van der Waals surface area contributed by atoms with Gasteiger partial charge in [-0.1, -0.05) is 0 Å². The van der Waals surface area contributed by atoms with Gasteiger partial charge in [-0.05, 0) is 55.3 Å². The summed E-state index contributed by atoms with van der Waals surface area (Å²) in [6.07, 6.45) is -2.73. The summed E-state index contributed by atoms with van der Waals surface area (Å²) in [6.45, 7) is 0.0920. The Labute approximate surface area is 216 Å². The fraction of sp³-hybridized carbons (Fsp3) is 0.320. The lowest BCUT2D eigenvalue weighted by atomic mass is 10.1. The van der Waals surface area contributed by atoms with E-state index in [-0.39, 0.29) is 48.9 Å². The summed E-state index contributed by atoms with van der Waals surface area (Å²) in [5, 5.41) is 29.8. The molecule has 4 rings (SSSR count). The molecule has 0 spiro atoms. The van der Waals surface area contributed by atoms with Crippen LogP contribution in [0.4, 0.5) is 15.8 Å². The Morgan fingerprint density at radius 1 is 1.13 bits per heavy atom. The zero-order valence-corrected chi connectivity index (χ0v) is 20.1. The van der Waals surface area contributed by atoms with Gasteiger partial charge in [0.15, 0.2) is 12.2 Å². The molecular weight excluding hydrogens is 501 g/mol. The van der Waals surface area contributed by atoms with Gasteiger partial charge in [0.2, 0.25) is 0 Å². The number of hydrogen-bond acceptors (Lipinski definition) is 7. The predicted octanol–water partition coefficient (Wildman–Crippen LogP) is 0.530. The van der Waals surface area contributed by atoms with E-state index in [4.69, 9.17) is 15.9 Å². The minimum absolute atomic E-state index is 0.00477. The first kappa shape index (κ1) is 26.7. The highest BCUT2D eigenvalue weighted by Crippen LogP contribution is 2.26. The minimum atomic E-state index is -1.91. The maximum absolute atomic E-state index is 14.5. The number of ether oxygens (including phenoxy) is 1. The van der Waals surface area contributed by atoms with E-state index in [2.05, 4.69) is 5.32 Å². The number of aliphatic hydroxyl groups is 1. The third-order valence-corrected chi connectivity index (χ3v) is 6.38. The summed E-state index contributed by atoms with van der Waals surface area (Å²) in [7, 11) is 0. The highest BCUT2D eigenvalue weighted by Gasteiger charge is 2.40. The zero-order valence-electron chi connectivity index (χ0n) is 20.1. The molecule has 12 nitrogen and oxygen atoms in total. The number of nitrogens with one attached hydrogen (secondary N) is 2. The molecule has 0 bridgehead atoms. The van der Waals surface area contributed by atoms with Gasteiger partial charge in [-0.15, -0.1) is 0 Å². The fourth-order valence-electron chi connectivity index (χ4n) is 4.46. The number of nitrogen functional groups attached to an aromatic ring is 1. The quantitative estimate of drug-likeness (QED) is 0.255. The maximum atomic E-state index is 14.5. The van der Waals surface area contributed by atoms with Crippen LogP contribution in [-0.4, -0.2) is 82.6 Å². The van der Waals surface area contributed by atoms with Gasteiger partial charge < -0.3 is 35.8 Å². The first-order valence-corrected chi connectivity index (χ1v) is 11.8. The predicted molar refractivity (Wildman–Crippen MR) is 132 cm³/mol. The number of rotatable bonds is 7. The van der Waals surface area contributed by atoms with E-state index >= 15 is 0 Å². The molecule has 200 valence electrons. The van der Waals surface area contributed by atoms with Crippen molar-refractivity contribution in [2.75, 3.05) is 29.9 Å². The number of carboxylic acids is 1.